The van der Waals surface area contributed by atoms with Crippen molar-refractivity contribution in [1.29, 1.82) is 5.41 Å². The molecule has 1 aromatic carbocycles. The number of hydrogen-bond acceptors (Lipinski definition) is 4. The second kappa shape index (κ2) is 4.49. The Bertz CT molecular complexity index is 349. The Hall–Kier alpha value is -1.73. The molecule has 0 bridgehead atoms. The molecule has 0 aliphatic rings. The molecule has 0 aromatic heterocycles. The third-order valence-corrected chi connectivity index (χ3v) is 1.64. The van der Waals surface area contributed by atoms with E-state index < -0.39 is 7.12 Å². The first-order valence-electron chi connectivity index (χ1n) is 3.81. The Morgan fingerprint density at radius 3 is 2.29 bits per heavy atom. The van der Waals surface area contributed by atoms with Crippen molar-refractivity contribution in [2.75, 3.05) is 0 Å². The number of hydrogen-bond donors (Lipinski definition) is 4. The summed E-state index contributed by atoms with van der Waals surface area (Å²) in [6.45, 7) is 0. The first-order valence-corrected chi connectivity index (χ1v) is 3.81. The molecule has 14 heavy (non-hydrogen) atoms. The summed E-state index contributed by atoms with van der Waals surface area (Å²) in [6.07, 6.45) is 0. The number of benzene rings is 1. The van der Waals surface area contributed by atoms with E-state index >= 15 is 0 Å². The molecule has 7 heteroatoms. The summed E-state index contributed by atoms with van der Waals surface area (Å²) in [5.41, 5.74) is 0.856. The third-order valence-electron chi connectivity index (χ3n) is 1.64. The van der Waals surface area contributed by atoms with E-state index in [1.165, 1.54) is 24.3 Å². The fraction of sp³-hybridized carbons (Fsp3) is 0. The van der Waals surface area contributed by atoms with Crippen LogP contribution >= 0.6 is 0 Å². The van der Waals surface area contributed by atoms with Crippen molar-refractivity contribution in [1.82, 2.24) is 0 Å². The molecule has 0 spiro atoms. The lowest BCUT2D eigenvalue weighted by molar-refractivity contribution is 0.426. The number of rotatable bonds is 2. The highest BCUT2D eigenvalue weighted by Crippen LogP contribution is 1.99. The van der Waals surface area contributed by atoms with Gasteiger partial charge in [-0.1, -0.05) is 29.5 Å². The summed E-state index contributed by atoms with van der Waals surface area (Å²) in [4.78, 5) is 0. The number of nitrogens with zero attached hydrogens (tertiary/aromatic N) is 2. The Balaban J connectivity index is 2.88. The molecule has 5 N–H and O–H groups in total. The summed E-state index contributed by atoms with van der Waals surface area (Å²) in [6, 6.07) is 6.04. The van der Waals surface area contributed by atoms with E-state index in [9.17, 15) is 0 Å². The van der Waals surface area contributed by atoms with Crippen molar-refractivity contribution in [3.8, 4) is 0 Å². The molecule has 0 aliphatic carbocycles. The summed E-state index contributed by atoms with van der Waals surface area (Å²) in [7, 11) is -1.51. The highest BCUT2D eigenvalue weighted by atomic mass is 16.4. The third kappa shape index (κ3) is 2.38. The van der Waals surface area contributed by atoms with E-state index in [0.29, 0.717) is 11.0 Å². The molecule has 1 rings (SSSR count). The van der Waals surface area contributed by atoms with E-state index in [0.717, 1.165) is 0 Å². The largest absolute Gasteiger partial charge is 0.488 e. The van der Waals surface area contributed by atoms with Crippen molar-refractivity contribution in [3.05, 3.63) is 29.8 Å². The van der Waals surface area contributed by atoms with Gasteiger partial charge in [-0.15, -0.1) is 5.11 Å². The predicted molar refractivity (Wildman–Crippen MR) is 52.1 cm³/mol. The van der Waals surface area contributed by atoms with Crippen LogP contribution in [-0.2, 0) is 0 Å². The van der Waals surface area contributed by atoms with Gasteiger partial charge in [0.25, 0.3) is 0 Å². The van der Waals surface area contributed by atoms with E-state index in [1.807, 2.05) is 0 Å². The molecular weight excluding hydrogens is 183 g/mol. The lowest BCUT2D eigenvalue weighted by atomic mass is 9.80. The zero-order valence-electron chi connectivity index (χ0n) is 7.25. The van der Waals surface area contributed by atoms with E-state index in [4.69, 9.17) is 21.3 Å². The normalized spacial score (nSPS) is 10.4. The van der Waals surface area contributed by atoms with Crippen molar-refractivity contribution >= 4 is 18.4 Å². The van der Waals surface area contributed by atoms with Crippen LogP contribution in [-0.4, -0.2) is 23.0 Å². The van der Waals surface area contributed by atoms with Crippen LogP contribution in [0.15, 0.2) is 34.6 Å². The number of amidine groups is 1. The maximum absolute atomic E-state index is 8.80. The van der Waals surface area contributed by atoms with Gasteiger partial charge in [-0.3, -0.25) is 5.41 Å². The van der Waals surface area contributed by atoms with Crippen molar-refractivity contribution < 1.29 is 10.0 Å². The Kier molecular flexibility index (Phi) is 3.32. The quantitative estimate of drug-likeness (QED) is 0.120. The van der Waals surface area contributed by atoms with Crippen LogP contribution < -0.4 is 11.3 Å². The molecule has 0 radical (unpaired) electrons. The van der Waals surface area contributed by atoms with Gasteiger partial charge < -0.3 is 15.9 Å². The number of nitrogens with one attached hydrogen (secondary N) is 1. The fourth-order valence-corrected chi connectivity index (χ4v) is 0.929. The molecule has 0 amide bonds. The topological polar surface area (TPSA) is 115 Å². The monoisotopic (exact) mass is 192 g/mol. The maximum atomic E-state index is 8.80. The molecule has 0 unspecified atom stereocenters. The van der Waals surface area contributed by atoms with Crippen molar-refractivity contribution in [2.24, 2.45) is 16.2 Å². The molecule has 0 saturated carbocycles. The van der Waals surface area contributed by atoms with Crippen molar-refractivity contribution in [3.63, 3.8) is 0 Å². The van der Waals surface area contributed by atoms with Gasteiger partial charge in [0, 0.05) is 5.56 Å². The van der Waals surface area contributed by atoms with Gasteiger partial charge in [0.2, 0.25) is 0 Å². The minimum absolute atomic E-state index is 0.0773. The summed E-state index contributed by atoms with van der Waals surface area (Å²) < 4.78 is 0. The van der Waals surface area contributed by atoms with Crippen LogP contribution in [0.2, 0.25) is 0 Å². The van der Waals surface area contributed by atoms with E-state index in [1.54, 1.807) is 0 Å². The average molecular weight is 192 g/mol. The molecule has 72 valence electrons. The van der Waals surface area contributed by atoms with Gasteiger partial charge in [0.1, 0.15) is 0 Å². The lowest BCUT2D eigenvalue weighted by Crippen LogP contribution is -2.29. The van der Waals surface area contributed by atoms with Gasteiger partial charge in [-0.2, -0.15) is 0 Å². The van der Waals surface area contributed by atoms with Crippen LogP contribution in [0.5, 0.6) is 0 Å². The van der Waals surface area contributed by atoms with Gasteiger partial charge in [0.05, 0.1) is 0 Å². The second-order valence-corrected chi connectivity index (χ2v) is 2.56. The summed E-state index contributed by atoms with van der Waals surface area (Å²) in [5.74, 6) is 4.71. The highest BCUT2D eigenvalue weighted by molar-refractivity contribution is 6.58. The van der Waals surface area contributed by atoms with Crippen LogP contribution in [0.4, 0.5) is 0 Å². The smallest absolute Gasteiger partial charge is 0.423 e. The summed E-state index contributed by atoms with van der Waals surface area (Å²) in [5, 5.41) is 31.2. The predicted octanol–water partition coefficient (Wildman–Crippen LogP) is -0.982. The fourth-order valence-electron chi connectivity index (χ4n) is 0.929. The lowest BCUT2D eigenvalue weighted by Gasteiger charge is -2.00. The highest BCUT2D eigenvalue weighted by Gasteiger charge is 2.10. The van der Waals surface area contributed by atoms with Crippen molar-refractivity contribution in [2.45, 2.75) is 0 Å². The zero-order valence-corrected chi connectivity index (χ0v) is 7.25. The second-order valence-electron chi connectivity index (χ2n) is 2.56. The molecule has 6 nitrogen and oxygen atoms in total. The molecule has 0 atom stereocenters. The Morgan fingerprint density at radius 1 is 1.29 bits per heavy atom. The molecule has 0 saturated heterocycles. The van der Waals surface area contributed by atoms with Crippen LogP contribution in [0.25, 0.3) is 0 Å². The number of nitrogens with two attached hydrogens (primary N) is 1. The Labute approximate surface area is 80.7 Å². The molecule has 0 heterocycles. The first kappa shape index (κ1) is 10.4. The van der Waals surface area contributed by atoms with Gasteiger partial charge in [0.15, 0.2) is 5.84 Å². The van der Waals surface area contributed by atoms with Gasteiger partial charge in [-0.05, 0) is 5.46 Å². The minimum Gasteiger partial charge on any atom is -0.423 e. The van der Waals surface area contributed by atoms with Gasteiger partial charge in [-0.25, -0.2) is 0 Å². The standard InChI is InChI=1S/C7H9BN4O2/c9-7(11-12-10)5-1-3-6(4-2-5)8(13)14/h1-4,13-14H,(H3,9,10,11). The summed E-state index contributed by atoms with van der Waals surface area (Å²) >= 11 is 0. The molecule has 1 aromatic rings. The van der Waals surface area contributed by atoms with Crippen LogP contribution in [0.3, 0.4) is 0 Å². The zero-order chi connectivity index (χ0) is 10.6. The minimum atomic E-state index is -1.51. The molecule has 0 aliphatic heterocycles. The maximum Gasteiger partial charge on any atom is 0.488 e. The van der Waals surface area contributed by atoms with E-state index in [2.05, 4.69) is 10.3 Å². The van der Waals surface area contributed by atoms with Crippen LogP contribution in [0.1, 0.15) is 5.56 Å². The van der Waals surface area contributed by atoms with Gasteiger partial charge >= 0.3 is 7.12 Å². The molecular formula is C7H9BN4O2. The van der Waals surface area contributed by atoms with E-state index in [-0.39, 0.29) is 5.84 Å². The van der Waals surface area contributed by atoms with Crippen LogP contribution in [0, 0.1) is 5.41 Å². The Morgan fingerprint density at radius 2 is 1.86 bits per heavy atom. The first-order chi connectivity index (χ1) is 6.65. The average Bonchev–Trinajstić information content (AvgIpc) is 2.18. The SMILES string of the molecule is N=C(N=NN)c1ccc(B(O)O)cc1. The molecule has 0 fully saturated rings.